The fraction of sp³-hybridized carbons (Fsp3) is 0.500. The van der Waals surface area contributed by atoms with Crippen molar-refractivity contribution in [2.45, 2.75) is 19.4 Å². The van der Waals surface area contributed by atoms with Gasteiger partial charge < -0.3 is 15.5 Å². The van der Waals surface area contributed by atoms with E-state index in [9.17, 15) is 0 Å². The summed E-state index contributed by atoms with van der Waals surface area (Å²) in [5, 5.41) is 29.7. The zero-order valence-corrected chi connectivity index (χ0v) is 9.23. The van der Waals surface area contributed by atoms with Crippen LogP contribution in [0.3, 0.4) is 0 Å². The molecule has 1 aromatic rings. The highest BCUT2D eigenvalue weighted by Crippen LogP contribution is 2.11. The van der Waals surface area contributed by atoms with Crippen LogP contribution in [0, 0.1) is 18.3 Å². The van der Waals surface area contributed by atoms with Gasteiger partial charge in [-0.25, -0.2) is 9.97 Å². The fourth-order valence-electron chi connectivity index (χ4n) is 1.08. The molecule has 3 N–H and O–H groups in total. The normalized spacial score (nSPS) is 10.9. The van der Waals surface area contributed by atoms with E-state index < -0.39 is 5.54 Å². The predicted molar refractivity (Wildman–Crippen MR) is 57.7 cm³/mol. The second-order valence-corrected chi connectivity index (χ2v) is 3.83. The summed E-state index contributed by atoms with van der Waals surface area (Å²) in [7, 11) is 0. The van der Waals surface area contributed by atoms with Gasteiger partial charge in [0.1, 0.15) is 11.8 Å². The van der Waals surface area contributed by atoms with Crippen molar-refractivity contribution in [3.8, 4) is 6.07 Å². The minimum atomic E-state index is -0.902. The van der Waals surface area contributed by atoms with Gasteiger partial charge in [0.05, 0.1) is 18.8 Å². The number of nitriles is 1. The molecule has 16 heavy (non-hydrogen) atoms. The van der Waals surface area contributed by atoms with Gasteiger partial charge in [0, 0.05) is 5.69 Å². The van der Waals surface area contributed by atoms with E-state index in [2.05, 4.69) is 15.3 Å². The van der Waals surface area contributed by atoms with E-state index >= 15 is 0 Å². The van der Waals surface area contributed by atoms with Crippen molar-refractivity contribution in [1.82, 2.24) is 9.97 Å². The van der Waals surface area contributed by atoms with Crippen molar-refractivity contribution in [3.63, 3.8) is 0 Å². The van der Waals surface area contributed by atoms with E-state index in [1.54, 1.807) is 19.9 Å². The van der Waals surface area contributed by atoms with E-state index in [1.165, 1.54) is 0 Å². The van der Waals surface area contributed by atoms with Crippen molar-refractivity contribution in [2.24, 2.45) is 0 Å². The number of aliphatic hydroxyl groups is 2. The molecule has 0 radical (unpaired) electrons. The third kappa shape index (κ3) is 2.89. The molecule has 0 aliphatic heterocycles. The van der Waals surface area contributed by atoms with Crippen LogP contribution in [0.15, 0.2) is 6.07 Å². The molecule has 0 spiro atoms. The molecule has 0 aromatic carbocycles. The van der Waals surface area contributed by atoms with Crippen LogP contribution in [-0.4, -0.2) is 38.9 Å². The van der Waals surface area contributed by atoms with Gasteiger partial charge in [-0.3, -0.25) is 0 Å². The Labute approximate surface area is 93.6 Å². The Balaban J connectivity index is 2.97. The van der Waals surface area contributed by atoms with Crippen LogP contribution in [0.2, 0.25) is 0 Å². The maximum Gasteiger partial charge on any atom is 0.224 e. The number of nitrogens with one attached hydrogen (secondary N) is 1. The smallest absolute Gasteiger partial charge is 0.224 e. The number of aliphatic hydroxyl groups excluding tert-OH is 2. The van der Waals surface area contributed by atoms with Crippen LogP contribution >= 0.6 is 0 Å². The second-order valence-electron chi connectivity index (χ2n) is 3.83. The minimum absolute atomic E-state index is 0.224. The molecule has 0 saturated carbocycles. The fourth-order valence-corrected chi connectivity index (χ4v) is 1.08. The zero-order chi connectivity index (χ0) is 12.2. The Morgan fingerprint density at radius 3 is 2.56 bits per heavy atom. The van der Waals surface area contributed by atoms with Gasteiger partial charge in [-0.2, -0.15) is 5.26 Å². The highest BCUT2D eigenvalue weighted by molar-refractivity contribution is 5.35. The molecule has 0 bridgehead atoms. The average Bonchev–Trinajstić information content (AvgIpc) is 2.28. The number of nitrogens with zero attached hydrogens (tertiary/aromatic N) is 3. The summed E-state index contributed by atoms with van der Waals surface area (Å²) < 4.78 is 0. The standard InChI is InChI=1S/C10H14N4O2/c1-7-3-8(4-11)13-9(12-7)14-10(2,5-15)6-16/h3,15-16H,5-6H2,1-2H3,(H,12,13,14). The van der Waals surface area contributed by atoms with Crippen LogP contribution in [0.25, 0.3) is 0 Å². The minimum Gasteiger partial charge on any atom is -0.394 e. The van der Waals surface area contributed by atoms with Gasteiger partial charge >= 0.3 is 0 Å². The third-order valence-corrected chi connectivity index (χ3v) is 2.08. The van der Waals surface area contributed by atoms with E-state index in [-0.39, 0.29) is 24.9 Å². The molecular formula is C10H14N4O2. The van der Waals surface area contributed by atoms with Crippen molar-refractivity contribution in [1.29, 1.82) is 5.26 Å². The quantitative estimate of drug-likeness (QED) is 0.652. The van der Waals surface area contributed by atoms with Crippen LogP contribution in [0.5, 0.6) is 0 Å². The van der Waals surface area contributed by atoms with E-state index in [1.807, 2.05) is 6.07 Å². The van der Waals surface area contributed by atoms with Crippen LogP contribution < -0.4 is 5.32 Å². The molecular weight excluding hydrogens is 208 g/mol. The Morgan fingerprint density at radius 1 is 1.44 bits per heavy atom. The SMILES string of the molecule is Cc1cc(C#N)nc(NC(C)(CO)CO)n1. The second kappa shape index (κ2) is 4.88. The summed E-state index contributed by atoms with van der Waals surface area (Å²) >= 11 is 0. The first-order valence-electron chi connectivity index (χ1n) is 4.78. The highest BCUT2D eigenvalue weighted by atomic mass is 16.3. The highest BCUT2D eigenvalue weighted by Gasteiger charge is 2.23. The average molecular weight is 222 g/mol. The summed E-state index contributed by atoms with van der Waals surface area (Å²) in [6.07, 6.45) is 0. The van der Waals surface area contributed by atoms with Gasteiger partial charge in [0.15, 0.2) is 0 Å². The molecule has 0 saturated heterocycles. The van der Waals surface area contributed by atoms with E-state index in [0.29, 0.717) is 5.69 Å². The van der Waals surface area contributed by atoms with E-state index in [0.717, 1.165) is 0 Å². The summed E-state index contributed by atoms with van der Waals surface area (Å²) in [6, 6.07) is 3.47. The lowest BCUT2D eigenvalue weighted by Crippen LogP contribution is -2.43. The Hall–Kier alpha value is -1.71. The molecule has 6 nitrogen and oxygen atoms in total. The molecule has 0 unspecified atom stereocenters. The molecule has 0 fully saturated rings. The summed E-state index contributed by atoms with van der Waals surface area (Å²) in [4.78, 5) is 7.99. The number of anilines is 1. The van der Waals surface area contributed by atoms with Crippen molar-refractivity contribution in [2.75, 3.05) is 18.5 Å². The molecule has 1 aromatic heterocycles. The van der Waals surface area contributed by atoms with Crippen molar-refractivity contribution >= 4 is 5.95 Å². The van der Waals surface area contributed by atoms with Gasteiger partial charge in [-0.1, -0.05) is 0 Å². The number of rotatable bonds is 4. The van der Waals surface area contributed by atoms with Crippen molar-refractivity contribution in [3.05, 3.63) is 17.5 Å². The number of aromatic nitrogens is 2. The summed E-state index contributed by atoms with van der Waals surface area (Å²) in [5.74, 6) is 0.224. The lowest BCUT2D eigenvalue weighted by atomic mass is 10.1. The first-order chi connectivity index (χ1) is 7.53. The molecule has 1 heterocycles. The van der Waals surface area contributed by atoms with Gasteiger partial charge in [-0.05, 0) is 19.9 Å². The third-order valence-electron chi connectivity index (χ3n) is 2.08. The lowest BCUT2D eigenvalue weighted by molar-refractivity contribution is 0.147. The summed E-state index contributed by atoms with van der Waals surface area (Å²) in [5.41, 5.74) is -0.0129. The van der Waals surface area contributed by atoms with Gasteiger partial charge in [-0.15, -0.1) is 0 Å². The lowest BCUT2D eigenvalue weighted by Gasteiger charge is -2.26. The molecule has 0 aliphatic carbocycles. The Bertz CT molecular complexity index is 410. The maximum absolute atomic E-state index is 9.10. The Kier molecular flexibility index (Phi) is 3.77. The first kappa shape index (κ1) is 12.4. The Morgan fingerprint density at radius 2 is 2.06 bits per heavy atom. The van der Waals surface area contributed by atoms with Crippen LogP contribution in [0.4, 0.5) is 5.95 Å². The van der Waals surface area contributed by atoms with E-state index in [4.69, 9.17) is 15.5 Å². The number of aryl methyl sites for hydroxylation is 1. The van der Waals surface area contributed by atoms with Crippen molar-refractivity contribution < 1.29 is 10.2 Å². The molecule has 0 aliphatic rings. The van der Waals surface area contributed by atoms with Crippen LogP contribution in [0.1, 0.15) is 18.3 Å². The zero-order valence-electron chi connectivity index (χ0n) is 9.23. The molecule has 1 rings (SSSR count). The molecule has 6 heteroatoms. The molecule has 0 atom stereocenters. The monoisotopic (exact) mass is 222 g/mol. The maximum atomic E-state index is 9.10. The number of hydrogen-bond acceptors (Lipinski definition) is 6. The molecule has 86 valence electrons. The van der Waals surface area contributed by atoms with Gasteiger partial charge in [0.25, 0.3) is 0 Å². The van der Waals surface area contributed by atoms with Crippen LogP contribution in [-0.2, 0) is 0 Å². The first-order valence-corrected chi connectivity index (χ1v) is 4.78. The predicted octanol–water partition coefficient (Wildman–Crippen LogP) is -0.188. The summed E-state index contributed by atoms with van der Waals surface area (Å²) in [6.45, 7) is 2.85. The topological polar surface area (TPSA) is 102 Å². The number of hydrogen-bond donors (Lipinski definition) is 3. The van der Waals surface area contributed by atoms with Gasteiger partial charge in [0.2, 0.25) is 5.95 Å². The largest absolute Gasteiger partial charge is 0.394 e. The molecule has 0 amide bonds.